The molecule has 1 aromatic rings. The number of ether oxygens (including phenoxy) is 2. The summed E-state index contributed by atoms with van der Waals surface area (Å²) < 4.78 is 11.1. The lowest BCUT2D eigenvalue weighted by atomic mass is 9.88. The van der Waals surface area contributed by atoms with Crippen molar-refractivity contribution in [3.63, 3.8) is 0 Å². The highest BCUT2D eigenvalue weighted by molar-refractivity contribution is 6.03. The summed E-state index contributed by atoms with van der Waals surface area (Å²) in [6, 6.07) is 2.96. The largest absolute Gasteiger partial charge is 0.504 e. The molecule has 1 amide bonds. The van der Waals surface area contributed by atoms with Gasteiger partial charge in [0.25, 0.3) is 5.91 Å². The van der Waals surface area contributed by atoms with E-state index in [1.807, 2.05) is 26.8 Å². The van der Waals surface area contributed by atoms with Gasteiger partial charge in [-0.25, -0.2) is 0 Å². The molecule has 1 heterocycles. The number of nitrogens with one attached hydrogen (secondary N) is 1. The zero-order chi connectivity index (χ0) is 26.3. The molecule has 0 spiro atoms. The average Bonchev–Trinajstić information content (AvgIpc) is 2.81. The Bertz CT molecular complexity index is 926. The van der Waals surface area contributed by atoms with Gasteiger partial charge in [0.05, 0.1) is 18.3 Å². The van der Waals surface area contributed by atoms with Crippen LogP contribution in [0.2, 0.25) is 0 Å². The summed E-state index contributed by atoms with van der Waals surface area (Å²) in [5, 5.41) is 45.2. The highest BCUT2D eigenvalue weighted by atomic mass is 16.5. The molecule has 0 radical (unpaired) electrons. The zero-order valence-electron chi connectivity index (χ0n) is 21.6. The van der Waals surface area contributed by atoms with E-state index in [1.165, 1.54) is 13.2 Å². The van der Waals surface area contributed by atoms with Crippen LogP contribution in [0.15, 0.2) is 35.4 Å². The Hall–Kier alpha value is -2.39. The standard InChI is InChI=1S/C27H41NO7/c1-15-10-19-13-20(14-21(29)26(19)32)28-27(33)16(2)8-7-9-22(34-5)24(30)17(3)12-18(4)25(31)23(11-15)35-6/h8,12-15,18,22-25,29-32H,7,9-11H2,1-6H3,(H,28,33)/b16-8-,17-12-/t15-,18+,22+,23-,24+,25-/m0/s1. The molecule has 0 saturated carbocycles. The smallest absolute Gasteiger partial charge is 0.250 e. The molecule has 1 aliphatic heterocycles. The first-order valence-corrected chi connectivity index (χ1v) is 12.1. The van der Waals surface area contributed by atoms with Crippen LogP contribution in [0, 0.1) is 11.8 Å². The molecule has 2 bridgehead atoms. The maximum absolute atomic E-state index is 12.7. The van der Waals surface area contributed by atoms with E-state index in [2.05, 4.69) is 5.32 Å². The third kappa shape index (κ3) is 7.80. The van der Waals surface area contributed by atoms with Crippen molar-refractivity contribution in [2.75, 3.05) is 19.5 Å². The predicted molar refractivity (Wildman–Crippen MR) is 135 cm³/mol. The number of aromatic hydroxyl groups is 2. The van der Waals surface area contributed by atoms with Crippen molar-refractivity contribution in [3.8, 4) is 11.5 Å². The Balaban J connectivity index is 2.44. The van der Waals surface area contributed by atoms with Crippen molar-refractivity contribution in [1.82, 2.24) is 0 Å². The molecule has 2 rings (SSSR count). The minimum Gasteiger partial charge on any atom is -0.504 e. The lowest BCUT2D eigenvalue weighted by Gasteiger charge is -2.29. The Kier molecular flexibility index (Phi) is 10.8. The molecule has 35 heavy (non-hydrogen) atoms. The number of carbonyl (C=O) groups is 1. The molecule has 0 unspecified atom stereocenters. The summed E-state index contributed by atoms with van der Waals surface area (Å²) in [5.41, 5.74) is 2.05. The van der Waals surface area contributed by atoms with Crippen molar-refractivity contribution in [2.45, 2.75) is 77.8 Å². The molecule has 0 saturated heterocycles. The van der Waals surface area contributed by atoms with E-state index in [0.29, 0.717) is 48.1 Å². The summed E-state index contributed by atoms with van der Waals surface area (Å²) in [7, 11) is 3.08. The average molecular weight is 492 g/mol. The highest BCUT2D eigenvalue weighted by Crippen LogP contribution is 2.35. The van der Waals surface area contributed by atoms with Crippen LogP contribution < -0.4 is 5.32 Å². The van der Waals surface area contributed by atoms with Crippen LogP contribution in [0.25, 0.3) is 0 Å². The molecule has 196 valence electrons. The van der Waals surface area contributed by atoms with Crippen LogP contribution in [0.1, 0.15) is 52.5 Å². The molecule has 6 atom stereocenters. The van der Waals surface area contributed by atoms with Crippen molar-refractivity contribution < 1.29 is 34.7 Å². The first kappa shape index (κ1) is 28.8. The molecule has 0 aromatic heterocycles. The first-order chi connectivity index (χ1) is 16.5. The van der Waals surface area contributed by atoms with Gasteiger partial charge in [0.2, 0.25) is 0 Å². The monoisotopic (exact) mass is 491 g/mol. The van der Waals surface area contributed by atoms with Crippen LogP contribution in [0.4, 0.5) is 5.69 Å². The number of amides is 1. The van der Waals surface area contributed by atoms with E-state index in [9.17, 15) is 25.2 Å². The van der Waals surface area contributed by atoms with Crippen molar-refractivity contribution in [1.29, 1.82) is 0 Å². The van der Waals surface area contributed by atoms with Crippen molar-refractivity contribution in [2.24, 2.45) is 11.8 Å². The quantitative estimate of drug-likeness (QED) is 0.242. The number of hydrogen-bond donors (Lipinski definition) is 5. The fraction of sp³-hybridized carbons (Fsp3) is 0.593. The van der Waals surface area contributed by atoms with Gasteiger partial charge in [-0.05, 0) is 57.1 Å². The fourth-order valence-corrected chi connectivity index (χ4v) is 4.57. The van der Waals surface area contributed by atoms with Crippen LogP contribution in [0.5, 0.6) is 11.5 Å². The van der Waals surface area contributed by atoms with Gasteiger partial charge in [-0.3, -0.25) is 4.79 Å². The van der Waals surface area contributed by atoms with E-state index in [4.69, 9.17) is 9.47 Å². The number of benzene rings is 1. The number of hydrogen-bond acceptors (Lipinski definition) is 7. The molecule has 8 heteroatoms. The van der Waals surface area contributed by atoms with Gasteiger partial charge in [0, 0.05) is 43.0 Å². The van der Waals surface area contributed by atoms with Crippen molar-refractivity contribution >= 4 is 11.6 Å². The second-order valence-electron chi connectivity index (χ2n) is 9.72. The van der Waals surface area contributed by atoms with E-state index in [0.717, 1.165) is 0 Å². The van der Waals surface area contributed by atoms with Gasteiger partial charge in [0.1, 0.15) is 6.10 Å². The summed E-state index contributed by atoms with van der Waals surface area (Å²) in [6.07, 6.45) is 2.90. The lowest BCUT2D eigenvalue weighted by molar-refractivity contribution is -0.112. The fourth-order valence-electron chi connectivity index (χ4n) is 4.57. The number of allylic oxidation sites excluding steroid dienone is 1. The SMILES string of the molecule is CO[C@H]1C[C@@H](C)Cc2cc(cc(O)c2O)NC(=O)/C(C)=C\CC[C@@H](OC)[C@H](O)/C(C)=C\[C@@H](C)[C@@H]1O. The summed E-state index contributed by atoms with van der Waals surface area (Å²) in [6.45, 7) is 7.34. The van der Waals surface area contributed by atoms with Crippen LogP contribution in [-0.2, 0) is 20.7 Å². The summed E-state index contributed by atoms with van der Waals surface area (Å²) in [5.74, 6) is -1.17. The minimum absolute atomic E-state index is 0.0182. The van der Waals surface area contributed by atoms with Crippen LogP contribution in [0.3, 0.4) is 0 Å². The molecular formula is C27H41NO7. The van der Waals surface area contributed by atoms with E-state index < -0.39 is 24.4 Å². The molecule has 5 N–H and O–H groups in total. The Morgan fingerprint density at radius 2 is 1.69 bits per heavy atom. The van der Waals surface area contributed by atoms with Gasteiger partial charge >= 0.3 is 0 Å². The van der Waals surface area contributed by atoms with Gasteiger partial charge < -0.3 is 35.2 Å². The number of aliphatic hydroxyl groups is 2. The van der Waals surface area contributed by atoms with E-state index in [-0.39, 0.29) is 29.2 Å². The predicted octanol–water partition coefficient (Wildman–Crippen LogP) is 3.68. The minimum atomic E-state index is -0.855. The number of phenols is 2. The maximum Gasteiger partial charge on any atom is 0.250 e. The number of methoxy groups -OCH3 is 2. The summed E-state index contributed by atoms with van der Waals surface area (Å²) >= 11 is 0. The van der Waals surface area contributed by atoms with E-state index >= 15 is 0 Å². The molecule has 0 fully saturated rings. The Labute approximate surface area is 208 Å². The van der Waals surface area contributed by atoms with Gasteiger partial charge in [-0.2, -0.15) is 0 Å². The van der Waals surface area contributed by atoms with Crippen molar-refractivity contribution in [3.05, 3.63) is 41.0 Å². The topological polar surface area (TPSA) is 128 Å². The zero-order valence-corrected chi connectivity index (χ0v) is 21.6. The number of fused-ring (bicyclic) bond motifs is 2. The lowest BCUT2D eigenvalue weighted by Crippen LogP contribution is -2.35. The van der Waals surface area contributed by atoms with Crippen LogP contribution in [-0.4, -0.2) is 65.0 Å². The van der Waals surface area contributed by atoms with Crippen LogP contribution >= 0.6 is 0 Å². The number of anilines is 1. The Morgan fingerprint density at radius 1 is 1.03 bits per heavy atom. The van der Waals surface area contributed by atoms with Gasteiger partial charge in [-0.1, -0.05) is 26.0 Å². The highest BCUT2D eigenvalue weighted by Gasteiger charge is 2.28. The summed E-state index contributed by atoms with van der Waals surface area (Å²) in [4.78, 5) is 12.7. The number of phenolic OH excluding ortho intramolecular Hbond substituents is 2. The molecule has 8 nitrogen and oxygen atoms in total. The number of aliphatic hydroxyl groups excluding tert-OH is 2. The molecular weight excluding hydrogens is 450 g/mol. The third-order valence-electron chi connectivity index (χ3n) is 6.76. The number of rotatable bonds is 2. The number of carbonyl (C=O) groups excluding carboxylic acids is 1. The molecule has 1 aliphatic rings. The third-order valence-corrected chi connectivity index (χ3v) is 6.76. The normalized spacial score (nSPS) is 32.7. The Morgan fingerprint density at radius 3 is 2.31 bits per heavy atom. The maximum atomic E-state index is 12.7. The first-order valence-electron chi connectivity index (χ1n) is 12.1. The van der Waals surface area contributed by atoms with Gasteiger partial charge in [0.15, 0.2) is 11.5 Å². The molecule has 1 aromatic carbocycles. The second-order valence-corrected chi connectivity index (χ2v) is 9.72. The van der Waals surface area contributed by atoms with Gasteiger partial charge in [-0.15, -0.1) is 0 Å². The second kappa shape index (κ2) is 13.1. The molecule has 0 aliphatic carbocycles. The van der Waals surface area contributed by atoms with E-state index in [1.54, 1.807) is 26.2 Å².